The molecule has 0 saturated carbocycles. The van der Waals surface area contributed by atoms with Gasteiger partial charge in [0.15, 0.2) is 5.96 Å². The Labute approximate surface area is 190 Å². The summed E-state index contributed by atoms with van der Waals surface area (Å²) in [6.07, 6.45) is 2.78. The van der Waals surface area contributed by atoms with Crippen molar-refractivity contribution in [3.63, 3.8) is 0 Å². The molecule has 0 aliphatic carbocycles. The quantitative estimate of drug-likeness (QED) is 0.398. The summed E-state index contributed by atoms with van der Waals surface area (Å²) in [6.45, 7) is 6.73. The fraction of sp³-hybridized carbons (Fsp3) is 0.308. The first-order valence-electron chi connectivity index (χ1n) is 11.0. The molecule has 0 atom stereocenters. The Balaban J connectivity index is 1.53. The van der Waals surface area contributed by atoms with Crippen LogP contribution in [0.1, 0.15) is 35.6 Å². The molecule has 0 spiro atoms. The third-order valence-electron chi connectivity index (χ3n) is 5.09. The van der Waals surface area contributed by atoms with Crippen LogP contribution in [0.2, 0.25) is 0 Å². The van der Waals surface area contributed by atoms with E-state index >= 15 is 0 Å². The number of aliphatic imine (C=N–C) groups is 1. The largest absolute Gasteiger partial charge is 0.493 e. The van der Waals surface area contributed by atoms with Gasteiger partial charge in [-0.15, -0.1) is 0 Å². The third kappa shape index (κ3) is 6.74. The standard InChI is InChI=1S/C26H32N4O2/c1-4-15-32-24-16-20(2)8-13-23(24)18-29-26(27-3)28-17-21-9-11-22(12-10-21)19-30-14-6-5-7-25(30)31/h5-14,16H,4,15,17-19H2,1-3H3,(H2,27,28,29). The number of pyridine rings is 1. The number of nitrogens with one attached hydrogen (secondary N) is 2. The predicted octanol–water partition coefficient (Wildman–Crippen LogP) is 3.86. The summed E-state index contributed by atoms with van der Waals surface area (Å²) in [6, 6.07) is 19.7. The molecule has 0 amide bonds. The maximum Gasteiger partial charge on any atom is 0.250 e. The van der Waals surface area contributed by atoms with Crippen molar-refractivity contribution in [1.29, 1.82) is 0 Å². The third-order valence-corrected chi connectivity index (χ3v) is 5.09. The van der Waals surface area contributed by atoms with Crippen molar-refractivity contribution in [3.8, 4) is 5.75 Å². The number of aryl methyl sites for hydroxylation is 1. The molecule has 2 N–H and O–H groups in total. The molecule has 1 aromatic heterocycles. The van der Waals surface area contributed by atoms with Gasteiger partial charge in [0.2, 0.25) is 0 Å². The minimum atomic E-state index is 0.00458. The summed E-state index contributed by atoms with van der Waals surface area (Å²) in [5.74, 6) is 1.65. The summed E-state index contributed by atoms with van der Waals surface area (Å²) in [7, 11) is 1.76. The number of rotatable bonds is 9. The average molecular weight is 433 g/mol. The van der Waals surface area contributed by atoms with E-state index in [1.165, 1.54) is 5.56 Å². The molecule has 0 radical (unpaired) electrons. The van der Waals surface area contributed by atoms with Crippen LogP contribution in [0.15, 0.2) is 76.6 Å². The highest BCUT2D eigenvalue weighted by Crippen LogP contribution is 2.20. The van der Waals surface area contributed by atoms with Crippen LogP contribution in [-0.2, 0) is 19.6 Å². The van der Waals surface area contributed by atoms with Crippen molar-refractivity contribution >= 4 is 5.96 Å². The average Bonchev–Trinajstić information content (AvgIpc) is 2.81. The van der Waals surface area contributed by atoms with Gasteiger partial charge in [-0.1, -0.05) is 49.4 Å². The maximum atomic E-state index is 11.9. The minimum Gasteiger partial charge on any atom is -0.493 e. The molecule has 2 aromatic carbocycles. The van der Waals surface area contributed by atoms with E-state index in [4.69, 9.17) is 4.74 Å². The summed E-state index contributed by atoms with van der Waals surface area (Å²) in [4.78, 5) is 16.2. The molecule has 1 heterocycles. The molecule has 168 valence electrons. The second-order valence-electron chi connectivity index (χ2n) is 7.72. The van der Waals surface area contributed by atoms with Gasteiger partial charge in [-0.25, -0.2) is 0 Å². The maximum absolute atomic E-state index is 11.9. The Morgan fingerprint density at radius 1 is 1.00 bits per heavy atom. The van der Waals surface area contributed by atoms with E-state index in [1.54, 1.807) is 29.9 Å². The Bertz CT molecular complexity index is 1090. The van der Waals surface area contributed by atoms with Crippen LogP contribution >= 0.6 is 0 Å². The fourth-order valence-corrected chi connectivity index (χ4v) is 3.29. The Morgan fingerprint density at radius 3 is 2.47 bits per heavy atom. The van der Waals surface area contributed by atoms with Gasteiger partial charge in [-0.3, -0.25) is 9.79 Å². The van der Waals surface area contributed by atoms with Gasteiger partial charge in [-0.05, 0) is 42.2 Å². The highest BCUT2D eigenvalue weighted by Gasteiger charge is 2.06. The van der Waals surface area contributed by atoms with Crippen molar-refractivity contribution in [2.45, 2.75) is 39.9 Å². The van der Waals surface area contributed by atoms with Crippen molar-refractivity contribution < 1.29 is 4.74 Å². The topological polar surface area (TPSA) is 67.7 Å². The molecule has 0 aliphatic heterocycles. The van der Waals surface area contributed by atoms with E-state index in [9.17, 15) is 4.79 Å². The van der Waals surface area contributed by atoms with Gasteiger partial charge in [0, 0.05) is 38.0 Å². The van der Waals surface area contributed by atoms with E-state index in [2.05, 4.69) is 71.9 Å². The molecule has 6 heteroatoms. The Kier molecular flexibility index (Phi) is 8.49. The van der Waals surface area contributed by atoms with Crippen molar-refractivity contribution in [2.75, 3.05) is 13.7 Å². The molecule has 6 nitrogen and oxygen atoms in total. The lowest BCUT2D eigenvalue weighted by molar-refractivity contribution is 0.313. The van der Waals surface area contributed by atoms with Gasteiger partial charge in [-0.2, -0.15) is 0 Å². The minimum absolute atomic E-state index is 0.00458. The second-order valence-corrected chi connectivity index (χ2v) is 7.72. The van der Waals surface area contributed by atoms with Gasteiger partial charge in [0.05, 0.1) is 13.2 Å². The number of nitrogens with zero attached hydrogens (tertiary/aromatic N) is 2. The molecule has 3 rings (SSSR count). The first kappa shape index (κ1) is 23.1. The molecule has 0 bridgehead atoms. The zero-order chi connectivity index (χ0) is 22.8. The van der Waals surface area contributed by atoms with Crippen molar-refractivity contribution in [3.05, 3.63) is 99.5 Å². The van der Waals surface area contributed by atoms with Crippen molar-refractivity contribution in [2.24, 2.45) is 4.99 Å². The van der Waals surface area contributed by atoms with E-state index in [0.717, 1.165) is 34.8 Å². The zero-order valence-electron chi connectivity index (χ0n) is 19.1. The van der Waals surface area contributed by atoms with Crippen LogP contribution in [0.3, 0.4) is 0 Å². The van der Waals surface area contributed by atoms with Gasteiger partial charge < -0.3 is 19.9 Å². The highest BCUT2D eigenvalue weighted by atomic mass is 16.5. The number of guanidine groups is 1. The molecular formula is C26H32N4O2. The normalized spacial score (nSPS) is 11.3. The van der Waals surface area contributed by atoms with E-state index in [-0.39, 0.29) is 5.56 Å². The molecule has 0 saturated heterocycles. The number of benzene rings is 2. The fourth-order valence-electron chi connectivity index (χ4n) is 3.29. The summed E-state index contributed by atoms with van der Waals surface area (Å²) in [5, 5.41) is 6.71. The second kappa shape index (κ2) is 11.7. The predicted molar refractivity (Wildman–Crippen MR) is 130 cm³/mol. The lowest BCUT2D eigenvalue weighted by atomic mass is 10.1. The van der Waals surface area contributed by atoms with Gasteiger partial charge in [0.25, 0.3) is 5.56 Å². The van der Waals surface area contributed by atoms with E-state index in [1.807, 2.05) is 6.07 Å². The van der Waals surface area contributed by atoms with Crippen LogP contribution in [0.4, 0.5) is 0 Å². The molecule has 0 fully saturated rings. The van der Waals surface area contributed by atoms with Crippen LogP contribution in [-0.4, -0.2) is 24.2 Å². The van der Waals surface area contributed by atoms with E-state index < -0.39 is 0 Å². The molecule has 32 heavy (non-hydrogen) atoms. The van der Waals surface area contributed by atoms with Crippen LogP contribution in [0.25, 0.3) is 0 Å². The number of hydrogen-bond donors (Lipinski definition) is 2. The van der Waals surface area contributed by atoms with Crippen molar-refractivity contribution in [1.82, 2.24) is 15.2 Å². The summed E-state index contributed by atoms with van der Waals surface area (Å²) < 4.78 is 7.60. The Morgan fingerprint density at radius 2 is 1.75 bits per heavy atom. The molecule has 3 aromatic rings. The molecule has 0 unspecified atom stereocenters. The summed E-state index contributed by atoms with van der Waals surface area (Å²) >= 11 is 0. The van der Waals surface area contributed by atoms with Gasteiger partial charge >= 0.3 is 0 Å². The van der Waals surface area contributed by atoms with E-state index in [0.29, 0.717) is 26.2 Å². The first-order chi connectivity index (χ1) is 15.6. The molecule has 0 aliphatic rings. The van der Waals surface area contributed by atoms with Crippen LogP contribution < -0.4 is 20.9 Å². The van der Waals surface area contributed by atoms with Crippen LogP contribution in [0.5, 0.6) is 5.75 Å². The number of ether oxygens (including phenoxy) is 1. The highest BCUT2D eigenvalue weighted by molar-refractivity contribution is 5.79. The number of aromatic nitrogens is 1. The summed E-state index contributed by atoms with van der Waals surface area (Å²) in [5.41, 5.74) is 4.52. The van der Waals surface area contributed by atoms with Gasteiger partial charge in [0.1, 0.15) is 5.75 Å². The number of hydrogen-bond acceptors (Lipinski definition) is 3. The lowest BCUT2D eigenvalue weighted by Crippen LogP contribution is -2.36. The Hall–Kier alpha value is -3.54. The zero-order valence-corrected chi connectivity index (χ0v) is 19.1. The molecular weight excluding hydrogens is 400 g/mol. The first-order valence-corrected chi connectivity index (χ1v) is 11.0. The van der Waals surface area contributed by atoms with Crippen LogP contribution in [0, 0.1) is 6.92 Å². The SMILES string of the molecule is CCCOc1cc(C)ccc1CNC(=NC)NCc1ccc(Cn2ccccc2=O)cc1. The monoisotopic (exact) mass is 432 g/mol. The lowest BCUT2D eigenvalue weighted by Gasteiger charge is -2.15. The smallest absolute Gasteiger partial charge is 0.250 e.